The lowest BCUT2D eigenvalue weighted by molar-refractivity contribution is 0.0760. The molecule has 1 fully saturated rings. The number of rotatable bonds is 5. The van der Waals surface area contributed by atoms with E-state index < -0.39 is 21.7 Å². The topological polar surface area (TPSA) is 96.6 Å². The van der Waals surface area contributed by atoms with Gasteiger partial charge in [0, 0.05) is 32.4 Å². The average Bonchev–Trinajstić information content (AvgIpc) is 2.86. The Morgan fingerprint density at radius 3 is 2.66 bits per heavy atom. The number of carbonyl (C=O) groups is 1. The molecule has 0 saturated carbocycles. The van der Waals surface area contributed by atoms with Crippen LogP contribution in [0, 0.1) is 13.8 Å². The largest absolute Gasteiger partial charge is 0.360 e. The molecule has 0 unspecified atom stereocenters. The minimum absolute atomic E-state index is 0.0418. The number of thioether (sulfide) groups is 1. The van der Waals surface area contributed by atoms with Gasteiger partial charge in [0.15, 0.2) is 5.76 Å². The van der Waals surface area contributed by atoms with Crippen LogP contribution < -0.4 is 0 Å². The average molecular weight is 447 g/mol. The summed E-state index contributed by atoms with van der Waals surface area (Å²) in [5.74, 6) is -2.93. The third-order valence-corrected chi connectivity index (χ3v) is 7.38. The predicted octanol–water partition coefficient (Wildman–Crippen LogP) is 2.54. The standard InChI is InChI=1S/C17H20F2N4O4S2/c1-11-14(12(2)27-21-11)29(25,26)23-8-4-7-22(9-10-23)16(24)13-5-3-6-20-15(13)28-17(18)19/h3,5-6,17H,4,7-10H2,1-2H3. The van der Waals surface area contributed by atoms with Crippen molar-refractivity contribution in [3.05, 3.63) is 35.3 Å². The van der Waals surface area contributed by atoms with Crippen molar-refractivity contribution < 1.29 is 26.5 Å². The van der Waals surface area contributed by atoms with E-state index in [0.717, 1.165) is 0 Å². The highest BCUT2D eigenvalue weighted by Crippen LogP contribution is 2.28. The minimum Gasteiger partial charge on any atom is -0.360 e. The number of alkyl halides is 2. The first-order chi connectivity index (χ1) is 13.7. The zero-order chi connectivity index (χ0) is 21.2. The Balaban J connectivity index is 1.78. The van der Waals surface area contributed by atoms with E-state index in [1.54, 1.807) is 6.92 Å². The molecular weight excluding hydrogens is 426 g/mol. The Bertz CT molecular complexity index is 978. The Kier molecular flexibility index (Phi) is 6.54. The molecule has 158 valence electrons. The molecule has 0 atom stereocenters. The minimum atomic E-state index is -3.82. The molecule has 2 aromatic heterocycles. The Labute approximate surface area is 171 Å². The number of nitrogens with zero attached hydrogens (tertiary/aromatic N) is 4. The second-order valence-electron chi connectivity index (χ2n) is 6.44. The molecule has 12 heteroatoms. The number of halogens is 2. The van der Waals surface area contributed by atoms with Crippen LogP contribution in [0.5, 0.6) is 0 Å². The van der Waals surface area contributed by atoms with Gasteiger partial charge in [-0.2, -0.15) is 13.1 Å². The van der Waals surface area contributed by atoms with Gasteiger partial charge in [-0.3, -0.25) is 4.79 Å². The van der Waals surface area contributed by atoms with E-state index in [1.165, 1.54) is 34.5 Å². The van der Waals surface area contributed by atoms with Crippen molar-refractivity contribution >= 4 is 27.7 Å². The van der Waals surface area contributed by atoms with Gasteiger partial charge in [-0.1, -0.05) is 5.16 Å². The number of sulfonamides is 1. The van der Waals surface area contributed by atoms with Crippen LogP contribution in [0.4, 0.5) is 8.78 Å². The highest BCUT2D eigenvalue weighted by atomic mass is 32.2. The molecule has 1 saturated heterocycles. The summed E-state index contributed by atoms with van der Waals surface area (Å²) in [4.78, 5) is 18.3. The lowest BCUT2D eigenvalue weighted by atomic mass is 10.2. The molecule has 1 aliphatic heterocycles. The van der Waals surface area contributed by atoms with Gasteiger partial charge in [0.2, 0.25) is 10.0 Å². The highest BCUT2D eigenvalue weighted by Gasteiger charge is 2.33. The Morgan fingerprint density at radius 1 is 1.24 bits per heavy atom. The molecule has 0 aliphatic carbocycles. The van der Waals surface area contributed by atoms with Crippen molar-refractivity contribution in [1.82, 2.24) is 19.3 Å². The highest BCUT2D eigenvalue weighted by molar-refractivity contribution is 7.99. The molecule has 3 rings (SSSR count). The molecule has 29 heavy (non-hydrogen) atoms. The van der Waals surface area contributed by atoms with E-state index in [1.807, 2.05) is 0 Å². The summed E-state index contributed by atoms with van der Waals surface area (Å²) < 4.78 is 57.8. The first-order valence-electron chi connectivity index (χ1n) is 8.84. The number of hydrogen-bond donors (Lipinski definition) is 0. The van der Waals surface area contributed by atoms with Crippen LogP contribution >= 0.6 is 11.8 Å². The summed E-state index contributed by atoms with van der Waals surface area (Å²) in [6.07, 6.45) is 1.76. The lowest BCUT2D eigenvalue weighted by Gasteiger charge is -2.22. The second kappa shape index (κ2) is 8.76. The molecule has 0 aromatic carbocycles. The number of aryl methyl sites for hydroxylation is 2. The maximum absolute atomic E-state index is 13.0. The van der Waals surface area contributed by atoms with Crippen molar-refractivity contribution in [1.29, 1.82) is 0 Å². The lowest BCUT2D eigenvalue weighted by Crippen LogP contribution is -2.37. The zero-order valence-corrected chi connectivity index (χ0v) is 17.5. The molecule has 1 amide bonds. The smallest absolute Gasteiger partial charge is 0.290 e. The number of aromatic nitrogens is 2. The summed E-state index contributed by atoms with van der Waals surface area (Å²) in [6.45, 7) is 3.83. The maximum Gasteiger partial charge on any atom is 0.290 e. The zero-order valence-electron chi connectivity index (χ0n) is 15.8. The maximum atomic E-state index is 13.0. The van der Waals surface area contributed by atoms with Crippen LogP contribution in [0.1, 0.15) is 28.2 Å². The van der Waals surface area contributed by atoms with Crippen molar-refractivity contribution in [2.45, 2.75) is 35.9 Å². The molecule has 0 N–H and O–H groups in total. The van der Waals surface area contributed by atoms with Gasteiger partial charge in [0.05, 0.1) is 5.56 Å². The second-order valence-corrected chi connectivity index (χ2v) is 9.29. The summed E-state index contributed by atoms with van der Waals surface area (Å²) in [5.41, 5.74) is 0.364. The van der Waals surface area contributed by atoms with Crippen LogP contribution in [0.25, 0.3) is 0 Å². The van der Waals surface area contributed by atoms with E-state index in [9.17, 15) is 22.0 Å². The Morgan fingerprint density at radius 2 is 2.00 bits per heavy atom. The van der Waals surface area contributed by atoms with Gasteiger partial charge in [0.1, 0.15) is 15.6 Å². The van der Waals surface area contributed by atoms with E-state index in [-0.39, 0.29) is 58.3 Å². The summed E-state index contributed by atoms with van der Waals surface area (Å²) >= 11 is 0.213. The first-order valence-corrected chi connectivity index (χ1v) is 11.2. The van der Waals surface area contributed by atoms with E-state index in [4.69, 9.17) is 4.52 Å². The first kappa shape index (κ1) is 21.7. The van der Waals surface area contributed by atoms with Gasteiger partial charge in [0.25, 0.3) is 11.7 Å². The fraction of sp³-hybridized carbons (Fsp3) is 0.471. The van der Waals surface area contributed by atoms with Gasteiger partial charge in [-0.05, 0) is 44.2 Å². The normalized spacial score (nSPS) is 16.2. The van der Waals surface area contributed by atoms with Crippen molar-refractivity contribution in [2.75, 3.05) is 26.2 Å². The molecular formula is C17H20F2N4O4S2. The van der Waals surface area contributed by atoms with Crippen molar-refractivity contribution in [3.8, 4) is 0 Å². The fourth-order valence-corrected chi connectivity index (χ4v) is 5.55. The molecule has 0 bridgehead atoms. The van der Waals surface area contributed by atoms with E-state index in [0.29, 0.717) is 13.0 Å². The summed E-state index contributed by atoms with van der Waals surface area (Å²) in [5, 5.41) is 3.66. The molecule has 8 nitrogen and oxygen atoms in total. The van der Waals surface area contributed by atoms with Crippen LogP contribution in [0.15, 0.2) is 32.8 Å². The summed E-state index contributed by atoms with van der Waals surface area (Å²) in [7, 11) is -3.82. The van der Waals surface area contributed by atoms with Gasteiger partial charge in [-0.15, -0.1) is 0 Å². The third kappa shape index (κ3) is 4.59. The van der Waals surface area contributed by atoms with Crippen LogP contribution in [0.3, 0.4) is 0 Å². The Hall–Kier alpha value is -2.05. The quantitative estimate of drug-likeness (QED) is 0.651. The molecule has 0 radical (unpaired) electrons. The van der Waals surface area contributed by atoms with Gasteiger partial charge in [-0.25, -0.2) is 13.4 Å². The van der Waals surface area contributed by atoms with E-state index in [2.05, 4.69) is 10.1 Å². The van der Waals surface area contributed by atoms with Gasteiger partial charge < -0.3 is 9.42 Å². The monoisotopic (exact) mass is 446 g/mol. The van der Waals surface area contributed by atoms with Crippen molar-refractivity contribution in [3.63, 3.8) is 0 Å². The van der Waals surface area contributed by atoms with E-state index >= 15 is 0 Å². The molecule has 1 aliphatic rings. The van der Waals surface area contributed by atoms with Crippen molar-refractivity contribution in [2.24, 2.45) is 0 Å². The fourth-order valence-electron chi connectivity index (χ4n) is 3.21. The molecule has 0 spiro atoms. The number of carbonyl (C=O) groups excluding carboxylic acids is 1. The predicted molar refractivity (Wildman–Crippen MR) is 101 cm³/mol. The summed E-state index contributed by atoms with van der Waals surface area (Å²) in [6, 6.07) is 2.96. The third-order valence-electron chi connectivity index (χ3n) is 4.51. The molecule has 3 heterocycles. The van der Waals surface area contributed by atoms with Crippen LogP contribution in [0.2, 0.25) is 0 Å². The van der Waals surface area contributed by atoms with Crippen LogP contribution in [-0.4, -0.2) is 65.6 Å². The van der Waals surface area contributed by atoms with Crippen LogP contribution in [-0.2, 0) is 10.0 Å². The number of hydrogen-bond acceptors (Lipinski definition) is 7. The van der Waals surface area contributed by atoms with Gasteiger partial charge >= 0.3 is 0 Å². The SMILES string of the molecule is Cc1noc(C)c1S(=O)(=O)N1CCCN(C(=O)c2cccnc2SC(F)F)CC1. The molecule has 2 aromatic rings. The number of pyridine rings is 1. The number of amides is 1.